The first-order valence-electron chi connectivity index (χ1n) is 6.77. The smallest absolute Gasteiger partial charge is 0.243 e. The predicted molar refractivity (Wildman–Crippen MR) is 76.5 cm³/mol. The summed E-state index contributed by atoms with van der Waals surface area (Å²) in [4.78, 5) is -0.0686. The minimum atomic E-state index is -3.79. The van der Waals surface area contributed by atoms with Gasteiger partial charge in [-0.3, -0.25) is 0 Å². The number of hydrogen-bond acceptors (Lipinski definition) is 3. The SMILES string of the molecule is CCC(CC)N(CCO)S(=O)(=O)c1ccc(C)c(F)c1. The Balaban J connectivity index is 3.24. The number of aryl methyl sites for hydroxylation is 1. The molecule has 0 spiro atoms. The highest BCUT2D eigenvalue weighted by molar-refractivity contribution is 7.89. The number of aliphatic hydroxyl groups excluding tert-OH is 1. The lowest BCUT2D eigenvalue weighted by atomic mass is 10.2. The van der Waals surface area contributed by atoms with E-state index in [0.29, 0.717) is 18.4 Å². The van der Waals surface area contributed by atoms with Crippen LogP contribution < -0.4 is 0 Å². The van der Waals surface area contributed by atoms with E-state index in [1.165, 1.54) is 16.4 Å². The molecule has 0 aliphatic rings. The molecule has 0 saturated carbocycles. The molecule has 6 heteroatoms. The molecule has 0 amide bonds. The van der Waals surface area contributed by atoms with E-state index in [2.05, 4.69) is 0 Å². The molecule has 0 aromatic heterocycles. The number of hydrogen-bond donors (Lipinski definition) is 1. The van der Waals surface area contributed by atoms with Gasteiger partial charge in [0.15, 0.2) is 0 Å². The van der Waals surface area contributed by atoms with E-state index in [1.807, 2.05) is 13.8 Å². The van der Waals surface area contributed by atoms with E-state index < -0.39 is 15.8 Å². The van der Waals surface area contributed by atoms with Crippen molar-refractivity contribution in [2.75, 3.05) is 13.2 Å². The van der Waals surface area contributed by atoms with Crippen molar-refractivity contribution in [3.63, 3.8) is 0 Å². The summed E-state index contributed by atoms with van der Waals surface area (Å²) in [5.74, 6) is -0.542. The third kappa shape index (κ3) is 3.56. The zero-order valence-corrected chi connectivity index (χ0v) is 13.0. The molecule has 4 nitrogen and oxygen atoms in total. The molecule has 0 heterocycles. The van der Waals surface area contributed by atoms with Crippen LogP contribution in [0.3, 0.4) is 0 Å². The highest BCUT2D eigenvalue weighted by atomic mass is 32.2. The molecular weight excluding hydrogens is 281 g/mol. The Bertz CT molecular complexity index is 541. The van der Waals surface area contributed by atoms with Gasteiger partial charge in [0.2, 0.25) is 10.0 Å². The topological polar surface area (TPSA) is 57.6 Å². The van der Waals surface area contributed by atoms with Gasteiger partial charge in [-0.05, 0) is 37.5 Å². The first-order chi connectivity index (χ1) is 9.38. The Hall–Kier alpha value is -0.980. The average Bonchev–Trinajstić information content (AvgIpc) is 2.42. The van der Waals surface area contributed by atoms with Gasteiger partial charge >= 0.3 is 0 Å². The molecular formula is C14H22FNO3S. The zero-order chi connectivity index (χ0) is 15.3. The molecule has 0 aliphatic carbocycles. The Labute approximate surface area is 120 Å². The van der Waals surface area contributed by atoms with Crippen LogP contribution in [-0.2, 0) is 10.0 Å². The largest absolute Gasteiger partial charge is 0.395 e. The van der Waals surface area contributed by atoms with Gasteiger partial charge < -0.3 is 5.11 Å². The van der Waals surface area contributed by atoms with Gasteiger partial charge in [0.25, 0.3) is 0 Å². The van der Waals surface area contributed by atoms with Crippen LogP contribution in [0, 0.1) is 12.7 Å². The highest BCUT2D eigenvalue weighted by Crippen LogP contribution is 2.22. The minimum Gasteiger partial charge on any atom is -0.395 e. The maximum absolute atomic E-state index is 13.6. The molecule has 0 radical (unpaired) electrons. The molecule has 0 atom stereocenters. The van der Waals surface area contributed by atoms with E-state index in [1.54, 1.807) is 6.92 Å². The molecule has 1 rings (SSSR count). The fraction of sp³-hybridized carbons (Fsp3) is 0.571. The quantitative estimate of drug-likeness (QED) is 0.841. The van der Waals surface area contributed by atoms with Gasteiger partial charge in [0.05, 0.1) is 11.5 Å². The van der Waals surface area contributed by atoms with E-state index in [0.717, 1.165) is 6.07 Å². The molecule has 1 aromatic carbocycles. The van der Waals surface area contributed by atoms with Gasteiger partial charge in [0, 0.05) is 12.6 Å². The molecule has 1 aromatic rings. The van der Waals surface area contributed by atoms with Crippen LogP contribution in [0.25, 0.3) is 0 Å². The summed E-state index contributed by atoms with van der Waals surface area (Å²) < 4.78 is 40.0. The molecule has 0 saturated heterocycles. The minimum absolute atomic E-state index is 0.0180. The second kappa shape index (κ2) is 7.15. The molecule has 0 fully saturated rings. The Morgan fingerprint density at radius 3 is 2.35 bits per heavy atom. The van der Waals surface area contributed by atoms with Crippen LogP contribution in [-0.4, -0.2) is 37.0 Å². The lowest BCUT2D eigenvalue weighted by molar-refractivity contribution is 0.219. The maximum atomic E-state index is 13.6. The number of aliphatic hydroxyl groups is 1. The van der Waals surface area contributed by atoms with Gasteiger partial charge in [-0.1, -0.05) is 19.9 Å². The molecule has 0 bridgehead atoms. The summed E-state index contributed by atoms with van der Waals surface area (Å²) in [7, 11) is -3.79. The van der Waals surface area contributed by atoms with E-state index in [-0.39, 0.29) is 24.1 Å². The lowest BCUT2D eigenvalue weighted by Gasteiger charge is -2.29. The number of rotatable bonds is 7. The van der Waals surface area contributed by atoms with Crippen LogP contribution in [0.1, 0.15) is 32.3 Å². The molecule has 114 valence electrons. The fourth-order valence-electron chi connectivity index (χ4n) is 2.16. The standard InChI is InChI=1S/C14H22FNO3S/c1-4-12(5-2)16(8-9-17)20(18,19)13-7-6-11(3)14(15)10-13/h6-7,10,12,17H,4-5,8-9H2,1-3H3. The van der Waals surface area contributed by atoms with Crippen molar-refractivity contribution in [3.8, 4) is 0 Å². The second-order valence-electron chi connectivity index (χ2n) is 4.72. The first kappa shape index (κ1) is 17.1. The predicted octanol–water partition coefficient (Wildman–Crippen LogP) is 2.31. The Kier molecular flexibility index (Phi) is 6.10. The van der Waals surface area contributed by atoms with Crippen molar-refractivity contribution < 1.29 is 17.9 Å². The number of halogens is 1. The fourth-order valence-corrected chi connectivity index (χ4v) is 3.94. The number of benzene rings is 1. The van der Waals surface area contributed by atoms with Gasteiger partial charge in [-0.2, -0.15) is 4.31 Å². The molecule has 20 heavy (non-hydrogen) atoms. The van der Waals surface area contributed by atoms with Crippen LogP contribution in [0.5, 0.6) is 0 Å². The van der Waals surface area contributed by atoms with E-state index >= 15 is 0 Å². The van der Waals surface area contributed by atoms with Crippen LogP contribution in [0.2, 0.25) is 0 Å². The summed E-state index contributed by atoms with van der Waals surface area (Å²) in [6, 6.07) is 3.70. The molecule has 0 unspecified atom stereocenters. The summed E-state index contributed by atoms with van der Waals surface area (Å²) in [5.41, 5.74) is 0.403. The molecule has 0 aliphatic heterocycles. The summed E-state index contributed by atoms with van der Waals surface area (Å²) in [5, 5.41) is 9.11. The van der Waals surface area contributed by atoms with E-state index in [4.69, 9.17) is 5.11 Å². The summed E-state index contributed by atoms with van der Waals surface area (Å²) >= 11 is 0. The highest BCUT2D eigenvalue weighted by Gasteiger charge is 2.29. The van der Waals surface area contributed by atoms with Crippen molar-refractivity contribution in [2.24, 2.45) is 0 Å². The van der Waals surface area contributed by atoms with Crippen LogP contribution >= 0.6 is 0 Å². The Morgan fingerprint density at radius 1 is 1.30 bits per heavy atom. The maximum Gasteiger partial charge on any atom is 0.243 e. The van der Waals surface area contributed by atoms with Crippen LogP contribution in [0.15, 0.2) is 23.1 Å². The number of nitrogens with zero attached hydrogens (tertiary/aromatic N) is 1. The van der Waals surface area contributed by atoms with Crippen molar-refractivity contribution >= 4 is 10.0 Å². The van der Waals surface area contributed by atoms with Gasteiger partial charge in [-0.25, -0.2) is 12.8 Å². The lowest BCUT2D eigenvalue weighted by Crippen LogP contribution is -2.41. The molecule has 1 N–H and O–H groups in total. The van der Waals surface area contributed by atoms with Crippen molar-refractivity contribution in [2.45, 2.75) is 44.6 Å². The van der Waals surface area contributed by atoms with Gasteiger partial charge in [-0.15, -0.1) is 0 Å². The number of sulfonamides is 1. The van der Waals surface area contributed by atoms with Crippen molar-refractivity contribution in [1.82, 2.24) is 4.31 Å². The normalized spacial score (nSPS) is 12.3. The van der Waals surface area contributed by atoms with Gasteiger partial charge in [0.1, 0.15) is 5.82 Å². The summed E-state index contributed by atoms with van der Waals surface area (Å²) in [6.07, 6.45) is 1.29. The first-order valence-corrected chi connectivity index (χ1v) is 8.21. The summed E-state index contributed by atoms with van der Waals surface area (Å²) in [6.45, 7) is 5.12. The zero-order valence-electron chi connectivity index (χ0n) is 12.1. The Morgan fingerprint density at radius 2 is 1.90 bits per heavy atom. The monoisotopic (exact) mass is 303 g/mol. The van der Waals surface area contributed by atoms with Crippen LogP contribution in [0.4, 0.5) is 4.39 Å². The van der Waals surface area contributed by atoms with Crippen molar-refractivity contribution in [1.29, 1.82) is 0 Å². The third-order valence-electron chi connectivity index (χ3n) is 3.42. The average molecular weight is 303 g/mol. The third-order valence-corrected chi connectivity index (χ3v) is 5.37. The van der Waals surface area contributed by atoms with E-state index in [9.17, 15) is 12.8 Å². The second-order valence-corrected chi connectivity index (χ2v) is 6.61. The van der Waals surface area contributed by atoms with Crippen molar-refractivity contribution in [3.05, 3.63) is 29.6 Å².